The number of carbonyl (C=O) groups is 1. The highest BCUT2D eigenvalue weighted by atomic mass is 35.5. The topological polar surface area (TPSA) is 75.7 Å². The molecule has 0 aliphatic rings. The van der Waals surface area contributed by atoms with Crippen molar-refractivity contribution in [3.63, 3.8) is 0 Å². The minimum Gasteiger partial charge on any atom is -0.489 e. The number of amides is 1. The van der Waals surface area contributed by atoms with Crippen molar-refractivity contribution in [3.05, 3.63) is 88.9 Å². The minimum absolute atomic E-state index is 0.254. The van der Waals surface area contributed by atoms with Crippen LogP contribution in [0.4, 0.5) is 11.4 Å². The summed E-state index contributed by atoms with van der Waals surface area (Å²) in [7, 11) is -2.09. The molecule has 0 bridgehead atoms. The maximum absolute atomic E-state index is 12.7. The van der Waals surface area contributed by atoms with E-state index in [0.29, 0.717) is 28.8 Å². The van der Waals surface area contributed by atoms with E-state index in [-0.39, 0.29) is 5.56 Å². The van der Waals surface area contributed by atoms with Crippen molar-refractivity contribution in [1.29, 1.82) is 0 Å². The molecule has 3 aromatic carbocycles. The zero-order valence-electron chi connectivity index (χ0n) is 16.5. The van der Waals surface area contributed by atoms with Gasteiger partial charge in [-0.1, -0.05) is 41.9 Å². The Kier molecular flexibility index (Phi) is 6.64. The summed E-state index contributed by atoms with van der Waals surface area (Å²) in [6.45, 7) is 0.330. The second kappa shape index (κ2) is 9.19. The predicted octanol–water partition coefficient (Wildman–Crippen LogP) is 4.57. The Morgan fingerprint density at radius 3 is 2.30 bits per heavy atom. The van der Waals surface area contributed by atoms with Gasteiger partial charge in [0.2, 0.25) is 10.0 Å². The van der Waals surface area contributed by atoms with Crippen LogP contribution in [-0.2, 0) is 16.6 Å². The first kappa shape index (κ1) is 21.7. The van der Waals surface area contributed by atoms with Gasteiger partial charge < -0.3 is 10.1 Å². The molecule has 3 rings (SSSR count). The molecular weight excluding hydrogens is 424 g/mol. The molecule has 0 saturated heterocycles. The van der Waals surface area contributed by atoms with Crippen molar-refractivity contribution in [2.45, 2.75) is 6.61 Å². The lowest BCUT2D eigenvalue weighted by atomic mass is 10.1. The second-order valence-corrected chi connectivity index (χ2v) is 9.03. The number of halogens is 1. The molecule has 0 saturated carbocycles. The fourth-order valence-electron chi connectivity index (χ4n) is 2.73. The first-order valence-electron chi connectivity index (χ1n) is 9.06. The smallest absolute Gasteiger partial charge is 0.257 e. The molecule has 0 aromatic heterocycles. The zero-order valence-corrected chi connectivity index (χ0v) is 18.1. The number of rotatable bonds is 7. The van der Waals surface area contributed by atoms with Crippen LogP contribution in [0.3, 0.4) is 0 Å². The van der Waals surface area contributed by atoms with Gasteiger partial charge in [0, 0.05) is 23.3 Å². The van der Waals surface area contributed by atoms with E-state index in [1.807, 2.05) is 18.2 Å². The molecule has 0 fully saturated rings. The number of ether oxygens (including phenoxy) is 1. The summed E-state index contributed by atoms with van der Waals surface area (Å²) in [6, 6.07) is 20.9. The van der Waals surface area contributed by atoms with E-state index in [9.17, 15) is 13.2 Å². The van der Waals surface area contributed by atoms with E-state index >= 15 is 0 Å². The van der Waals surface area contributed by atoms with Crippen LogP contribution in [0.5, 0.6) is 5.75 Å². The highest BCUT2D eigenvalue weighted by Gasteiger charge is 2.19. The van der Waals surface area contributed by atoms with Crippen molar-refractivity contribution in [3.8, 4) is 5.75 Å². The van der Waals surface area contributed by atoms with Gasteiger partial charge in [-0.2, -0.15) is 0 Å². The van der Waals surface area contributed by atoms with Gasteiger partial charge in [-0.25, -0.2) is 8.42 Å². The lowest BCUT2D eigenvalue weighted by Crippen LogP contribution is -2.27. The molecule has 0 aliphatic carbocycles. The number of hydrogen-bond donors (Lipinski definition) is 1. The molecule has 156 valence electrons. The quantitative estimate of drug-likeness (QED) is 0.579. The fourth-order valence-corrected chi connectivity index (χ4v) is 3.44. The number of nitrogens with one attached hydrogen (secondary N) is 1. The molecule has 1 amide bonds. The molecule has 0 aliphatic heterocycles. The fraction of sp³-hybridized carbons (Fsp3) is 0.136. The van der Waals surface area contributed by atoms with Crippen LogP contribution < -0.4 is 14.4 Å². The van der Waals surface area contributed by atoms with Crippen molar-refractivity contribution in [1.82, 2.24) is 0 Å². The van der Waals surface area contributed by atoms with Crippen molar-refractivity contribution in [2.24, 2.45) is 0 Å². The van der Waals surface area contributed by atoms with Gasteiger partial charge in [-0.3, -0.25) is 9.10 Å². The first-order valence-corrected chi connectivity index (χ1v) is 11.3. The van der Waals surface area contributed by atoms with Gasteiger partial charge in [-0.05, 0) is 42.5 Å². The Labute approximate surface area is 181 Å². The van der Waals surface area contributed by atoms with Crippen LogP contribution in [0.1, 0.15) is 15.9 Å². The van der Waals surface area contributed by atoms with Crippen molar-refractivity contribution in [2.75, 3.05) is 22.9 Å². The molecule has 0 spiro atoms. The number of hydrogen-bond acceptors (Lipinski definition) is 4. The van der Waals surface area contributed by atoms with Crippen LogP contribution >= 0.6 is 11.6 Å². The summed E-state index contributed by atoms with van der Waals surface area (Å²) >= 11 is 6.13. The molecular formula is C22H21ClN2O4S. The standard InChI is InChI=1S/C22H21ClN2O4S/c1-25(30(2,27)28)21-10-6-4-8-19(21)22(26)24-17-11-13-18(14-12-17)29-15-16-7-3-5-9-20(16)23/h3-14H,15H2,1-2H3,(H,24,26). The number of nitrogens with zero attached hydrogens (tertiary/aromatic N) is 1. The molecule has 30 heavy (non-hydrogen) atoms. The Morgan fingerprint density at radius 2 is 1.63 bits per heavy atom. The van der Waals surface area contributed by atoms with Crippen LogP contribution in [-0.4, -0.2) is 27.6 Å². The van der Waals surface area contributed by atoms with E-state index in [4.69, 9.17) is 16.3 Å². The summed E-state index contributed by atoms with van der Waals surface area (Å²) in [5.74, 6) is 0.218. The molecule has 0 unspecified atom stereocenters. The Hall–Kier alpha value is -3.03. The average molecular weight is 445 g/mol. The highest BCUT2D eigenvalue weighted by Crippen LogP contribution is 2.24. The average Bonchev–Trinajstić information content (AvgIpc) is 2.73. The third-order valence-corrected chi connectivity index (χ3v) is 6.01. The maximum atomic E-state index is 12.7. The molecule has 0 atom stereocenters. The third-order valence-electron chi connectivity index (χ3n) is 4.45. The number of benzene rings is 3. The normalized spacial score (nSPS) is 11.0. The van der Waals surface area contributed by atoms with Crippen LogP contribution in [0.15, 0.2) is 72.8 Å². The second-order valence-electron chi connectivity index (χ2n) is 6.61. The van der Waals surface area contributed by atoms with Crippen LogP contribution in [0.2, 0.25) is 5.02 Å². The molecule has 0 heterocycles. The van der Waals surface area contributed by atoms with Gasteiger partial charge in [-0.15, -0.1) is 0 Å². The Bertz CT molecular complexity index is 1150. The lowest BCUT2D eigenvalue weighted by Gasteiger charge is -2.19. The lowest BCUT2D eigenvalue weighted by molar-refractivity contribution is 0.102. The van der Waals surface area contributed by atoms with Gasteiger partial charge in [0.1, 0.15) is 12.4 Å². The maximum Gasteiger partial charge on any atom is 0.257 e. The number of sulfonamides is 1. The van der Waals surface area contributed by atoms with Gasteiger partial charge in [0.05, 0.1) is 17.5 Å². The minimum atomic E-state index is -3.50. The zero-order chi connectivity index (χ0) is 21.7. The summed E-state index contributed by atoms with van der Waals surface area (Å²) in [5.41, 5.74) is 1.99. The predicted molar refractivity (Wildman–Crippen MR) is 120 cm³/mol. The van der Waals surface area contributed by atoms with E-state index < -0.39 is 15.9 Å². The van der Waals surface area contributed by atoms with Crippen molar-refractivity contribution >= 4 is 38.9 Å². The number of carbonyl (C=O) groups excluding carboxylic acids is 1. The SMILES string of the molecule is CN(c1ccccc1C(=O)Nc1ccc(OCc2ccccc2Cl)cc1)S(C)(=O)=O. The van der Waals surface area contributed by atoms with Crippen LogP contribution in [0, 0.1) is 0 Å². The van der Waals surface area contributed by atoms with Gasteiger partial charge in [0.25, 0.3) is 5.91 Å². The largest absolute Gasteiger partial charge is 0.489 e. The third kappa shape index (κ3) is 5.31. The van der Waals surface area contributed by atoms with Crippen molar-refractivity contribution < 1.29 is 17.9 Å². The Morgan fingerprint density at radius 1 is 1.00 bits per heavy atom. The summed E-state index contributed by atoms with van der Waals surface area (Å²) in [4.78, 5) is 12.7. The van der Waals surface area contributed by atoms with E-state index in [2.05, 4.69) is 5.32 Å². The van der Waals surface area contributed by atoms with E-state index in [1.54, 1.807) is 54.6 Å². The number of anilines is 2. The van der Waals surface area contributed by atoms with Gasteiger partial charge >= 0.3 is 0 Å². The summed E-state index contributed by atoms with van der Waals surface area (Å²) < 4.78 is 30.5. The monoisotopic (exact) mass is 444 g/mol. The summed E-state index contributed by atoms with van der Waals surface area (Å²) in [6.07, 6.45) is 1.09. The summed E-state index contributed by atoms with van der Waals surface area (Å²) in [5, 5.41) is 3.42. The Balaban J connectivity index is 1.69. The first-order chi connectivity index (χ1) is 14.3. The molecule has 3 aromatic rings. The molecule has 6 nitrogen and oxygen atoms in total. The molecule has 1 N–H and O–H groups in total. The van der Waals surface area contributed by atoms with Gasteiger partial charge in [0.15, 0.2) is 0 Å². The van der Waals surface area contributed by atoms with E-state index in [1.165, 1.54) is 7.05 Å². The van der Waals surface area contributed by atoms with Crippen LogP contribution in [0.25, 0.3) is 0 Å². The highest BCUT2D eigenvalue weighted by molar-refractivity contribution is 7.92. The van der Waals surface area contributed by atoms with E-state index in [0.717, 1.165) is 16.1 Å². The molecule has 0 radical (unpaired) electrons. The molecule has 8 heteroatoms. The number of para-hydroxylation sites is 1.